The van der Waals surface area contributed by atoms with Crippen LogP contribution in [0.3, 0.4) is 0 Å². The van der Waals surface area contributed by atoms with Crippen LogP contribution in [0.2, 0.25) is 5.02 Å². The molecule has 0 atom stereocenters. The number of methoxy groups -OCH3 is 1. The number of aryl methyl sites for hydroxylation is 1. The fraction of sp³-hybridized carbons (Fsp3) is 0.143. The van der Waals surface area contributed by atoms with E-state index in [0.29, 0.717) is 36.8 Å². The lowest BCUT2D eigenvalue weighted by Crippen LogP contribution is -2.19. The van der Waals surface area contributed by atoms with E-state index in [1.165, 1.54) is 18.9 Å². The monoisotopic (exact) mass is 490 g/mol. The zero-order valence-electron chi connectivity index (χ0n) is 15.6. The molecular formula is C21H16BrClN2O3S. The Morgan fingerprint density at radius 1 is 1.38 bits per heavy atom. The van der Waals surface area contributed by atoms with Crippen molar-refractivity contribution in [3.05, 3.63) is 55.9 Å². The third kappa shape index (κ3) is 5.15. The number of carbonyl (C=O) groups excluding carboxylic acids is 1. The number of carbonyl (C=O) groups is 1. The fourth-order valence-electron chi connectivity index (χ4n) is 2.52. The van der Waals surface area contributed by atoms with E-state index in [9.17, 15) is 4.79 Å². The Kier molecular flexibility index (Phi) is 6.91. The van der Waals surface area contributed by atoms with Gasteiger partial charge in [-0.1, -0.05) is 23.6 Å². The van der Waals surface area contributed by atoms with E-state index in [1.54, 1.807) is 24.3 Å². The lowest BCUT2D eigenvalue weighted by molar-refractivity contribution is -0.115. The second-order valence-electron chi connectivity index (χ2n) is 5.94. The highest BCUT2D eigenvalue weighted by molar-refractivity contribution is 9.10. The molecule has 0 aromatic heterocycles. The summed E-state index contributed by atoms with van der Waals surface area (Å²) < 4.78 is 11.6. The Bertz CT molecular complexity index is 1080. The van der Waals surface area contributed by atoms with E-state index in [-0.39, 0.29) is 12.5 Å². The third-order valence-corrected chi connectivity index (χ3v) is 5.63. The van der Waals surface area contributed by atoms with Crippen LogP contribution in [0.1, 0.15) is 11.1 Å². The van der Waals surface area contributed by atoms with Crippen LogP contribution in [0, 0.1) is 19.3 Å². The first-order chi connectivity index (χ1) is 13.9. The Balaban J connectivity index is 1.88. The number of nitrogens with one attached hydrogen (secondary N) is 1. The van der Waals surface area contributed by atoms with Crippen molar-refractivity contribution < 1.29 is 14.3 Å². The number of hydrogen-bond donors (Lipinski definition) is 1. The van der Waals surface area contributed by atoms with Gasteiger partial charge in [0.05, 0.1) is 22.2 Å². The second-order valence-corrected chi connectivity index (χ2v) is 8.26. The van der Waals surface area contributed by atoms with Crippen LogP contribution >= 0.6 is 39.3 Å². The van der Waals surface area contributed by atoms with Gasteiger partial charge in [-0.05, 0) is 76.1 Å². The third-order valence-electron chi connectivity index (χ3n) is 3.89. The molecule has 1 N–H and O–H groups in total. The first-order valence-corrected chi connectivity index (χ1v) is 10.4. The van der Waals surface area contributed by atoms with Crippen molar-refractivity contribution in [1.29, 1.82) is 0 Å². The molecule has 1 saturated heterocycles. The zero-order chi connectivity index (χ0) is 21.0. The molecule has 3 rings (SSSR count). The number of thioether (sulfide) groups is 1. The van der Waals surface area contributed by atoms with Crippen LogP contribution in [-0.4, -0.2) is 24.8 Å². The van der Waals surface area contributed by atoms with E-state index in [1.807, 2.05) is 19.1 Å². The van der Waals surface area contributed by atoms with Crippen LogP contribution in [0.5, 0.6) is 11.5 Å². The molecule has 0 spiro atoms. The Labute approximate surface area is 186 Å². The van der Waals surface area contributed by atoms with Gasteiger partial charge in [0.2, 0.25) is 0 Å². The molecule has 2 aromatic carbocycles. The number of amidine groups is 1. The highest BCUT2D eigenvalue weighted by atomic mass is 79.9. The van der Waals surface area contributed by atoms with Crippen molar-refractivity contribution in [3.8, 4) is 23.8 Å². The van der Waals surface area contributed by atoms with Crippen molar-refractivity contribution >= 4 is 62.1 Å². The topological polar surface area (TPSA) is 59.9 Å². The first-order valence-electron chi connectivity index (χ1n) is 8.41. The number of hydrogen-bond acceptors (Lipinski definition) is 5. The molecule has 8 heteroatoms. The van der Waals surface area contributed by atoms with E-state index in [2.05, 4.69) is 32.2 Å². The van der Waals surface area contributed by atoms with Crippen LogP contribution in [-0.2, 0) is 4.79 Å². The number of nitrogens with zero attached hydrogens (tertiary/aromatic N) is 1. The molecule has 5 nitrogen and oxygen atoms in total. The van der Waals surface area contributed by atoms with Gasteiger partial charge in [-0.3, -0.25) is 4.79 Å². The second kappa shape index (κ2) is 9.40. The van der Waals surface area contributed by atoms with Crippen LogP contribution < -0.4 is 14.8 Å². The van der Waals surface area contributed by atoms with Gasteiger partial charge in [-0.15, -0.1) is 6.42 Å². The maximum atomic E-state index is 12.4. The summed E-state index contributed by atoms with van der Waals surface area (Å²) in [5.74, 6) is 3.21. The van der Waals surface area contributed by atoms with Crippen molar-refractivity contribution in [2.45, 2.75) is 6.92 Å². The molecule has 0 unspecified atom stereocenters. The number of ether oxygens (including phenoxy) is 2. The quantitative estimate of drug-likeness (QED) is 0.454. The minimum atomic E-state index is -0.226. The van der Waals surface area contributed by atoms with Gasteiger partial charge in [0.1, 0.15) is 6.61 Å². The summed E-state index contributed by atoms with van der Waals surface area (Å²) in [6, 6.07) is 9.04. The number of rotatable bonds is 5. The highest BCUT2D eigenvalue weighted by Gasteiger charge is 2.24. The van der Waals surface area contributed by atoms with Crippen molar-refractivity contribution in [3.63, 3.8) is 0 Å². The minimum Gasteiger partial charge on any atom is -0.493 e. The molecule has 1 aliphatic rings. The Morgan fingerprint density at radius 3 is 2.90 bits per heavy atom. The lowest BCUT2D eigenvalue weighted by atomic mass is 10.2. The number of halogens is 2. The van der Waals surface area contributed by atoms with Crippen LogP contribution in [0.4, 0.5) is 5.69 Å². The summed E-state index contributed by atoms with van der Waals surface area (Å²) in [6.07, 6.45) is 7.01. The highest BCUT2D eigenvalue weighted by Crippen LogP contribution is 2.38. The first kappa shape index (κ1) is 21.3. The van der Waals surface area contributed by atoms with Crippen LogP contribution in [0.25, 0.3) is 6.08 Å². The maximum Gasteiger partial charge on any atom is 0.264 e. The Hall–Kier alpha value is -2.40. The normalized spacial score (nSPS) is 16.0. The summed E-state index contributed by atoms with van der Waals surface area (Å²) in [5, 5.41) is 3.85. The molecule has 29 heavy (non-hydrogen) atoms. The molecule has 1 fully saturated rings. The molecule has 0 saturated carbocycles. The van der Waals surface area contributed by atoms with E-state index >= 15 is 0 Å². The number of benzene rings is 2. The SMILES string of the molecule is C#CCOc1c(Br)cc(/C=C2\SC(=Nc3cc(Cl)ccc3C)NC2=O)cc1OC. The molecule has 2 aromatic rings. The molecule has 0 aliphatic carbocycles. The maximum absolute atomic E-state index is 12.4. The molecular weight excluding hydrogens is 476 g/mol. The van der Waals surface area contributed by atoms with Crippen molar-refractivity contribution in [2.24, 2.45) is 4.99 Å². The number of aliphatic imine (C=N–C) groups is 1. The lowest BCUT2D eigenvalue weighted by Gasteiger charge is -2.12. The van der Waals surface area contributed by atoms with E-state index in [0.717, 1.165) is 11.1 Å². The predicted molar refractivity (Wildman–Crippen MR) is 122 cm³/mol. The van der Waals surface area contributed by atoms with Gasteiger partial charge in [-0.25, -0.2) is 4.99 Å². The number of terminal acetylenes is 1. The van der Waals surface area contributed by atoms with Gasteiger partial charge in [0, 0.05) is 5.02 Å². The molecule has 0 radical (unpaired) electrons. The van der Waals surface area contributed by atoms with E-state index in [4.69, 9.17) is 27.5 Å². The van der Waals surface area contributed by atoms with Gasteiger partial charge >= 0.3 is 0 Å². The van der Waals surface area contributed by atoms with Crippen molar-refractivity contribution in [2.75, 3.05) is 13.7 Å². The molecule has 1 aliphatic heterocycles. The summed E-state index contributed by atoms with van der Waals surface area (Å²) in [6.45, 7) is 2.05. The minimum absolute atomic E-state index is 0.121. The Morgan fingerprint density at radius 2 is 2.17 bits per heavy atom. The summed E-state index contributed by atoms with van der Waals surface area (Å²) in [7, 11) is 1.54. The summed E-state index contributed by atoms with van der Waals surface area (Å²) in [4.78, 5) is 17.4. The van der Waals surface area contributed by atoms with Crippen molar-refractivity contribution in [1.82, 2.24) is 5.32 Å². The molecule has 1 heterocycles. The molecule has 0 bridgehead atoms. The number of amides is 1. The summed E-state index contributed by atoms with van der Waals surface area (Å²) in [5.41, 5.74) is 2.44. The average Bonchev–Trinajstić information content (AvgIpc) is 3.02. The van der Waals surface area contributed by atoms with Gasteiger partial charge < -0.3 is 14.8 Å². The van der Waals surface area contributed by atoms with E-state index < -0.39 is 0 Å². The standard InChI is InChI=1S/C21H16BrClN2O3S/c1-4-7-28-19-15(22)8-13(9-17(19)27-3)10-18-20(26)25-21(29-18)24-16-11-14(23)6-5-12(16)2/h1,5-6,8-11H,7H2,2-3H3,(H,24,25,26)/b18-10-. The van der Waals surface area contributed by atoms with Crippen LogP contribution in [0.15, 0.2) is 44.7 Å². The smallest absolute Gasteiger partial charge is 0.264 e. The summed E-state index contributed by atoms with van der Waals surface area (Å²) >= 11 is 10.8. The largest absolute Gasteiger partial charge is 0.493 e. The molecule has 1 amide bonds. The van der Waals surface area contributed by atoms with Gasteiger partial charge in [0.15, 0.2) is 16.7 Å². The molecule has 148 valence electrons. The zero-order valence-corrected chi connectivity index (χ0v) is 18.7. The van der Waals surface area contributed by atoms with Gasteiger partial charge in [-0.2, -0.15) is 0 Å². The predicted octanol–water partition coefficient (Wildman–Crippen LogP) is 5.32. The van der Waals surface area contributed by atoms with Gasteiger partial charge in [0.25, 0.3) is 5.91 Å². The fourth-order valence-corrected chi connectivity index (χ4v) is 4.10. The average molecular weight is 492 g/mol.